The van der Waals surface area contributed by atoms with Gasteiger partial charge in [0.05, 0.1) is 22.2 Å². The molecule has 1 heterocycles. The zero-order chi connectivity index (χ0) is 25.1. The van der Waals surface area contributed by atoms with E-state index >= 15 is 0 Å². The number of halogens is 2. The van der Waals surface area contributed by atoms with E-state index in [2.05, 4.69) is 0 Å². The van der Waals surface area contributed by atoms with Gasteiger partial charge in [-0.15, -0.1) is 0 Å². The molecule has 0 saturated carbocycles. The maximum absolute atomic E-state index is 13.1. The number of carbonyl (C=O) groups excluding carboxylic acids is 2. The van der Waals surface area contributed by atoms with Gasteiger partial charge in [0.15, 0.2) is 0 Å². The van der Waals surface area contributed by atoms with Gasteiger partial charge >= 0.3 is 11.9 Å². The minimum Gasteiger partial charge on any atom is -0.457 e. The predicted octanol–water partition coefficient (Wildman–Crippen LogP) is 6.38. The maximum atomic E-state index is 13.1. The van der Waals surface area contributed by atoms with Crippen molar-refractivity contribution in [3.8, 4) is 0 Å². The molecule has 7 heteroatoms. The number of fused-ring (bicyclic) bond motifs is 2. The van der Waals surface area contributed by atoms with Crippen molar-refractivity contribution < 1.29 is 27.8 Å². The fourth-order valence-electron chi connectivity index (χ4n) is 3.87. The van der Waals surface area contributed by atoms with E-state index in [4.69, 9.17) is 14.5 Å². The van der Waals surface area contributed by atoms with Crippen molar-refractivity contribution in [2.24, 2.45) is 0 Å². The summed E-state index contributed by atoms with van der Waals surface area (Å²) in [6.45, 7) is -0.0401. The molecule has 0 fully saturated rings. The van der Waals surface area contributed by atoms with Crippen LogP contribution in [0.15, 0.2) is 91.0 Å². The summed E-state index contributed by atoms with van der Waals surface area (Å²) in [5.74, 6) is -2.01. The van der Waals surface area contributed by atoms with Crippen molar-refractivity contribution >= 4 is 33.7 Å². The first-order chi connectivity index (χ1) is 17.5. The van der Waals surface area contributed by atoms with Gasteiger partial charge in [0, 0.05) is 21.9 Å². The van der Waals surface area contributed by atoms with Crippen molar-refractivity contribution in [3.63, 3.8) is 0 Å². The van der Waals surface area contributed by atoms with Crippen molar-refractivity contribution in [1.29, 1.82) is 0 Å². The van der Waals surface area contributed by atoms with E-state index in [1.807, 2.05) is 42.5 Å². The minimum absolute atomic E-state index is 0.0201. The largest absolute Gasteiger partial charge is 0.457 e. The molecule has 1 aromatic heterocycles. The Bertz CT molecular complexity index is 1470. The SMILES string of the molecule is O=C(OCc1cccc2cc3cccc(COC(=O)c4ccc(F)cc4)c3nc12)c1ccc(F)cc1. The summed E-state index contributed by atoms with van der Waals surface area (Å²) in [5.41, 5.74) is 3.19. The van der Waals surface area contributed by atoms with Gasteiger partial charge in [-0.3, -0.25) is 0 Å². The third-order valence-corrected chi connectivity index (χ3v) is 5.71. The maximum Gasteiger partial charge on any atom is 0.338 e. The van der Waals surface area contributed by atoms with Crippen LogP contribution in [0.1, 0.15) is 31.8 Å². The number of carbonyl (C=O) groups is 2. The number of aromatic nitrogens is 1. The van der Waals surface area contributed by atoms with Crippen LogP contribution in [0.2, 0.25) is 0 Å². The van der Waals surface area contributed by atoms with Crippen LogP contribution in [0.5, 0.6) is 0 Å². The van der Waals surface area contributed by atoms with Crippen LogP contribution in [0.25, 0.3) is 21.8 Å². The Morgan fingerprint density at radius 3 is 1.44 bits per heavy atom. The van der Waals surface area contributed by atoms with Crippen LogP contribution < -0.4 is 0 Å². The molecule has 0 radical (unpaired) electrons. The molecule has 0 bridgehead atoms. The Hall–Kier alpha value is -4.65. The first-order valence-corrected chi connectivity index (χ1v) is 11.1. The molecule has 5 nitrogen and oxygen atoms in total. The highest BCUT2D eigenvalue weighted by Crippen LogP contribution is 2.26. The summed E-state index contributed by atoms with van der Waals surface area (Å²) >= 11 is 0. The van der Waals surface area contributed by atoms with E-state index in [0.29, 0.717) is 22.2 Å². The molecule has 5 rings (SSSR count). The lowest BCUT2D eigenvalue weighted by Gasteiger charge is -2.11. The molecule has 0 amide bonds. The molecule has 0 atom stereocenters. The molecule has 36 heavy (non-hydrogen) atoms. The fourth-order valence-corrected chi connectivity index (χ4v) is 3.87. The predicted molar refractivity (Wildman–Crippen MR) is 130 cm³/mol. The van der Waals surface area contributed by atoms with Crippen LogP contribution in [-0.2, 0) is 22.7 Å². The van der Waals surface area contributed by atoms with Gasteiger partial charge in [-0.2, -0.15) is 0 Å². The van der Waals surface area contributed by atoms with Crippen molar-refractivity contribution in [3.05, 3.63) is 125 Å². The van der Waals surface area contributed by atoms with E-state index in [9.17, 15) is 18.4 Å². The van der Waals surface area contributed by atoms with E-state index in [1.165, 1.54) is 48.5 Å². The molecule has 0 unspecified atom stereocenters. The summed E-state index contributed by atoms with van der Waals surface area (Å²) in [5, 5.41) is 1.72. The van der Waals surface area contributed by atoms with Crippen LogP contribution in [0, 0.1) is 11.6 Å². The number of pyridine rings is 1. The van der Waals surface area contributed by atoms with Gasteiger partial charge in [0.2, 0.25) is 0 Å². The van der Waals surface area contributed by atoms with Crippen LogP contribution in [-0.4, -0.2) is 16.9 Å². The normalized spacial score (nSPS) is 10.9. The number of para-hydroxylation sites is 2. The highest BCUT2D eigenvalue weighted by Gasteiger charge is 2.13. The molecular weight excluding hydrogens is 464 g/mol. The van der Waals surface area contributed by atoms with E-state index < -0.39 is 23.6 Å². The summed E-state index contributed by atoms with van der Waals surface area (Å²) < 4.78 is 37.2. The van der Waals surface area contributed by atoms with Crippen molar-refractivity contribution in [2.75, 3.05) is 0 Å². The van der Waals surface area contributed by atoms with Gasteiger partial charge in [-0.05, 0) is 54.6 Å². The quantitative estimate of drug-likeness (QED) is 0.207. The molecule has 0 aliphatic carbocycles. The van der Waals surface area contributed by atoms with Crippen molar-refractivity contribution in [2.45, 2.75) is 13.2 Å². The molecule has 0 saturated heterocycles. The second-order valence-corrected chi connectivity index (χ2v) is 8.13. The Morgan fingerprint density at radius 2 is 1.03 bits per heavy atom. The molecule has 0 aliphatic heterocycles. The molecule has 0 N–H and O–H groups in total. The summed E-state index contributed by atoms with van der Waals surface area (Å²) in [4.78, 5) is 29.6. The summed E-state index contributed by atoms with van der Waals surface area (Å²) in [7, 11) is 0. The smallest absolute Gasteiger partial charge is 0.338 e. The third-order valence-electron chi connectivity index (χ3n) is 5.71. The molecule has 0 spiro atoms. The summed E-state index contributed by atoms with van der Waals surface area (Å²) in [6.07, 6.45) is 0. The van der Waals surface area contributed by atoms with E-state index in [0.717, 1.165) is 10.8 Å². The molecule has 4 aromatic carbocycles. The van der Waals surface area contributed by atoms with Crippen molar-refractivity contribution in [1.82, 2.24) is 4.98 Å². The average Bonchev–Trinajstić information content (AvgIpc) is 2.90. The first kappa shape index (κ1) is 23.1. The number of ether oxygens (including phenoxy) is 2. The van der Waals surface area contributed by atoms with E-state index in [1.54, 1.807) is 0 Å². The summed E-state index contributed by atoms with van der Waals surface area (Å²) in [6, 6.07) is 23.4. The second kappa shape index (κ2) is 9.92. The zero-order valence-electron chi connectivity index (χ0n) is 18.9. The lowest BCUT2D eigenvalue weighted by Crippen LogP contribution is -2.07. The highest BCUT2D eigenvalue weighted by atomic mass is 19.1. The lowest BCUT2D eigenvalue weighted by molar-refractivity contribution is 0.0466. The Kier molecular flexibility index (Phi) is 6.36. The monoisotopic (exact) mass is 483 g/mol. The number of nitrogens with zero attached hydrogens (tertiary/aromatic N) is 1. The van der Waals surface area contributed by atoms with Crippen LogP contribution >= 0.6 is 0 Å². The Balaban J connectivity index is 1.40. The Labute approximate surface area is 204 Å². The number of benzene rings is 4. The average molecular weight is 483 g/mol. The van der Waals surface area contributed by atoms with Gasteiger partial charge in [0.25, 0.3) is 0 Å². The minimum atomic E-state index is -0.568. The van der Waals surface area contributed by atoms with Gasteiger partial charge in [0.1, 0.15) is 24.8 Å². The molecule has 5 aromatic rings. The third kappa shape index (κ3) is 4.90. The second-order valence-electron chi connectivity index (χ2n) is 8.13. The van der Waals surface area contributed by atoms with Crippen LogP contribution in [0.4, 0.5) is 8.78 Å². The van der Waals surface area contributed by atoms with Gasteiger partial charge in [-0.25, -0.2) is 23.4 Å². The molecule has 178 valence electrons. The first-order valence-electron chi connectivity index (χ1n) is 11.1. The van der Waals surface area contributed by atoms with Crippen LogP contribution in [0.3, 0.4) is 0 Å². The fraction of sp³-hybridized carbons (Fsp3) is 0.0690. The van der Waals surface area contributed by atoms with Gasteiger partial charge in [-0.1, -0.05) is 36.4 Å². The standard InChI is InChI=1S/C29H19F2NO4/c30-24-11-7-18(8-12-24)28(33)35-16-22-5-1-3-20-15-21-4-2-6-23(27(21)32-26(20)22)17-36-29(34)19-9-13-25(31)14-10-19/h1-15H,16-17H2. The number of hydrogen-bond donors (Lipinski definition) is 0. The molecule has 0 aliphatic rings. The highest BCUT2D eigenvalue weighted by molar-refractivity contribution is 5.96. The topological polar surface area (TPSA) is 65.5 Å². The lowest BCUT2D eigenvalue weighted by atomic mass is 10.0. The number of hydrogen-bond acceptors (Lipinski definition) is 5. The van der Waals surface area contributed by atoms with E-state index in [-0.39, 0.29) is 24.3 Å². The number of esters is 2. The van der Waals surface area contributed by atoms with Gasteiger partial charge < -0.3 is 9.47 Å². The Morgan fingerprint density at radius 1 is 0.611 bits per heavy atom. The molecular formula is C29H19F2NO4. The number of rotatable bonds is 6. The zero-order valence-corrected chi connectivity index (χ0v) is 18.9.